The Balaban J connectivity index is 1.33. The van der Waals surface area contributed by atoms with Gasteiger partial charge in [0, 0.05) is 29.8 Å². The van der Waals surface area contributed by atoms with Gasteiger partial charge in [0.1, 0.15) is 23.9 Å². The van der Waals surface area contributed by atoms with Gasteiger partial charge in [0.25, 0.3) is 5.91 Å². The quantitative estimate of drug-likeness (QED) is 0.368. The number of nitrogens with zero attached hydrogens (tertiary/aromatic N) is 4. The van der Waals surface area contributed by atoms with Crippen LogP contribution in [0.4, 0.5) is 5.69 Å². The van der Waals surface area contributed by atoms with Crippen molar-refractivity contribution in [1.29, 1.82) is 0 Å². The van der Waals surface area contributed by atoms with Crippen LogP contribution in [0, 0.1) is 13.8 Å². The molecule has 0 fully saturated rings. The lowest BCUT2D eigenvalue weighted by atomic mass is 10.1. The Morgan fingerprint density at radius 3 is 2.86 bits per heavy atom. The highest BCUT2D eigenvalue weighted by Gasteiger charge is 2.19. The van der Waals surface area contributed by atoms with E-state index in [-0.39, 0.29) is 5.91 Å². The predicted molar refractivity (Wildman–Crippen MR) is 133 cm³/mol. The monoisotopic (exact) mass is 491 g/mol. The van der Waals surface area contributed by atoms with E-state index in [1.807, 2.05) is 26.0 Å². The van der Waals surface area contributed by atoms with Crippen molar-refractivity contribution < 1.29 is 14.1 Å². The molecule has 0 saturated carbocycles. The highest BCUT2D eigenvalue weighted by atomic mass is 35.5. The van der Waals surface area contributed by atoms with E-state index in [1.165, 1.54) is 6.42 Å². The van der Waals surface area contributed by atoms with Gasteiger partial charge in [-0.1, -0.05) is 29.2 Å². The van der Waals surface area contributed by atoms with Gasteiger partial charge < -0.3 is 19.1 Å². The van der Waals surface area contributed by atoms with Crippen molar-refractivity contribution in [2.75, 3.05) is 5.32 Å². The van der Waals surface area contributed by atoms with E-state index in [1.54, 1.807) is 30.3 Å². The number of ether oxygens (including phenoxy) is 1. The third-order valence-electron chi connectivity index (χ3n) is 6.24. The first-order valence-corrected chi connectivity index (χ1v) is 12.1. The molecule has 0 atom stereocenters. The van der Waals surface area contributed by atoms with Crippen molar-refractivity contribution in [3.63, 3.8) is 0 Å². The molecule has 1 amide bonds. The van der Waals surface area contributed by atoms with Gasteiger partial charge in [-0.15, -0.1) is 10.2 Å². The third-order valence-corrected chi connectivity index (χ3v) is 6.56. The van der Waals surface area contributed by atoms with Crippen LogP contribution >= 0.6 is 11.6 Å². The van der Waals surface area contributed by atoms with E-state index >= 15 is 0 Å². The summed E-state index contributed by atoms with van der Waals surface area (Å²) in [4.78, 5) is 13.0. The molecule has 180 valence electrons. The maximum absolute atomic E-state index is 13.0. The van der Waals surface area contributed by atoms with Gasteiger partial charge in [-0.2, -0.15) is 0 Å². The fourth-order valence-corrected chi connectivity index (χ4v) is 4.45. The van der Waals surface area contributed by atoms with Crippen molar-refractivity contribution in [3.05, 3.63) is 75.9 Å². The number of carbonyl (C=O) groups excluding carboxylic acids is 1. The number of halogens is 1. The number of nitrogens with one attached hydrogen (secondary N) is 1. The number of aromatic nitrogens is 4. The minimum absolute atomic E-state index is 0.249. The number of benzene rings is 2. The second kappa shape index (κ2) is 9.92. The van der Waals surface area contributed by atoms with Crippen LogP contribution in [0.2, 0.25) is 5.02 Å². The summed E-state index contributed by atoms with van der Waals surface area (Å²) in [6, 6.07) is 12.5. The van der Waals surface area contributed by atoms with Crippen LogP contribution in [0.3, 0.4) is 0 Å². The van der Waals surface area contributed by atoms with Crippen LogP contribution in [0.1, 0.15) is 52.5 Å². The Morgan fingerprint density at radius 1 is 1.14 bits per heavy atom. The zero-order chi connectivity index (χ0) is 24.4. The summed E-state index contributed by atoms with van der Waals surface area (Å²) in [5.41, 5.74) is 3.55. The molecule has 0 radical (unpaired) electrons. The molecule has 0 aliphatic carbocycles. The predicted octanol–water partition coefficient (Wildman–Crippen LogP) is 5.76. The fourth-order valence-electron chi connectivity index (χ4n) is 4.25. The summed E-state index contributed by atoms with van der Waals surface area (Å²) in [7, 11) is 0. The molecule has 0 bridgehead atoms. The summed E-state index contributed by atoms with van der Waals surface area (Å²) in [5, 5.41) is 16.2. The van der Waals surface area contributed by atoms with E-state index in [0.29, 0.717) is 28.6 Å². The molecular weight excluding hydrogens is 466 g/mol. The second-order valence-electron chi connectivity index (χ2n) is 8.67. The average Bonchev–Trinajstić information content (AvgIpc) is 3.31. The molecule has 1 aliphatic rings. The van der Waals surface area contributed by atoms with Crippen LogP contribution in [0.15, 0.2) is 47.0 Å². The zero-order valence-electron chi connectivity index (χ0n) is 19.7. The van der Waals surface area contributed by atoms with Crippen molar-refractivity contribution in [2.24, 2.45) is 0 Å². The normalized spacial score (nSPS) is 13.2. The van der Waals surface area contributed by atoms with Gasteiger partial charge in [0.05, 0.1) is 16.3 Å². The maximum atomic E-state index is 13.0. The van der Waals surface area contributed by atoms with Gasteiger partial charge in [-0.05, 0) is 63.1 Å². The van der Waals surface area contributed by atoms with Crippen LogP contribution in [0.5, 0.6) is 5.75 Å². The lowest BCUT2D eigenvalue weighted by molar-refractivity contribution is 0.102. The molecule has 4 aromatic rings. The van der Waals surface area contributed by atoms with E-state index in [4.69, 9.17) is 20.9 Å². The molecule has 3 heterocycles. The lowest BCUT2D eigenvalue weighted by Crippen LogP contribution is -2.12. The van der Waals surface area contributed by atoms with Crippen molar-refractivity contribution >= 4 is 23.2 Å². The minimum atomic E-state index is -0.249. The SMILES string of the molecule is Cc1noc(C)c1COc1cccc(C(=O)Nc2ccc(Cl)c(-c3nnc4n3CCCCC4)c2)c1. The molecule has 5 rings (SSSR count). The molecule has 0 spiro atoms. The van der Waals surface area contributed by atoms with Crippen molar-refractivity contribution in [1.82, 2.24) is 19.9 Å². The van der Waals surface area contributed by atoms with E-state index < -0.39 is 0 Å². The maximum Gasteiger partial charge on any atom is 0.255 e. The molecule has 1 N–H and O–H groups in total. The van der Waals surface area contributed by atoms with Crippen LogP contribution in [-0.2, 0) is 19.6 Å². The Morgan fingerprint density at radius 2 is 2.03 bits per heavy atom. The minimum Gasteiger partial charge on any atom is -0.489 e. The number of carbonyl (C=O) groups is 1. The third kappa shape index (κ3) is 4.93. The Hall–Kier alpha value is -3.65. The topological polar surface area (TPSA) is 95.1 Å². The van der Waals surface area contributed by atoms with E-state index in [9.17, 15) is 4.79 Å². The zero-order valence-corrected chi connectivity index (χ0v) is 20.4. The van der Waals surface area contributed by atoms with Gasteiger partial charge in [0.2, 0.25) is 0 Å². The summed E-state index contributed by atoms with van der Waals surface area (Å²) in [6.07, 6.45) is 4.28. The highest BCUT2D eigenvalue weighted by Crippen LogP contribution is 2.31. The molecule has 2 aromatic carbocycles. The molecule has 8 nitrogen and oxygen atoms in total. The number of aryl methyl sites for hydroxylation is 3. The average molecular weight is 492 g/mol. The number of hydrogen-bond donors (Lipinski definition) is 1. The van der Waals surface area contributed by atoms with Crippen LogP contribution in [-0.4, -0.2) is 25.8 Å². The van der Waals surface area contributed by atoms with Gasteiger partial charge in [-0.3, -0.25) is 4.79 Å². The summed E-state index contributed by atoms with van der Waals surface area (Å²) in [5.74, 6) is 2.77. The largest absolute Gasteiger partial charge is 0.489 e. The first kappa shape index (κ1) is 23.1. The van der Waals surface area contributed by atoms with Crippen LogP contribution < -0.4 is 10.1 Å². The number of amides is 1. The number of rotatable bonds is 6. The van der Waals surface area contributed by atoms with Crippen molar-refractivity contribution in [2.45, 2.75) is 52.7 Å². The number of fused-ring (bicyclic) bond motifs is 1. The lowest BCUT2D eigenvalue weighted by Gasteiger charge is -2.12. The Labute approximate surface area is 208 Å². The van der Waals surface area contributed by atoms with Crippen LogP contribution in [0.25, 0.3) is 11.4 Å². The van der Waals surface area contributed by atoms with Gasteiger partial charge >= 0.3 is 0 Å². The molecular formula is C26H26ClN5O3. The van der Waals surface area contributed by atoms with Crippen molar-refractivity contribution in [3.8, 4) is 17.1 Å². The Kier molecular flexibility index (Phi) is 6.55. The Bertz CT molecular complexity index is 1360. The molecule has 1 aliphatic heterocycles. The smallest absolute Gasteiger partial charge is 0.255 e. The molecule has 2 aromatic heterocycles. The molecule has 0 saturated heterocycles. The summed E-state index contributed by atoms with van der Waals surface area (Å²) >= 11 is 6.52. The first-order valence-electron chi connectivity index (χ1n) is 11.7. The van der Waals surface area contributed by atoms with E-state index in [2.05, 4.69) is 25.2 Å². The molecule has 0 unspecified atom stereocenters. The summed E-state index contributed by atoms with van der Waals surface area (Å²) < 4.78 is 13.2. The van der Waals surface area contributed by atoms with E-state index in [0.717, 1.165) is 60.0 Å². The van der Waals surface area contributed by atoms with Gasteiger partial charge in [0.15, 0.2) is 5.82 Å². The van der Waals surface area contributed by atoms with Gasteiger partial charge in [-0.25, -0.2) is 0 Å². The molecule has 35 heavy (non-hydrogen) atoms. The summed E-state index contributed by atoms with van der Waals surface area (Å²) in [6.45, 7) is 4.90. The highest BCUT2D eigenvalue weighted by molar-refractivity contribution is 6.33. The fraction of sp³-hybridized carbons (Fsp3) is 0.308. The standard InChI is InChI=1S/C26H26ClN5O3/c1-16-22(17(2)35-31-16)15-34-20-8-6-7-18(13-20)26(33)28-19-10-11-23(27)21(14-19)25-30-29-24-9-4-3-5-12-32(24)25/h6-8,10-11,13-14H,3-5,9,12,15H2,1-2H3,(H,28,33). The first-order chi connectivity index (χ1) is 17.0. The number of anilines is 1. The second-order valence-corrected chi connectivity index (χ2v) is 9.08. The molecule has 9 heteroatoms. The number of hydrogen-bond acceptors (Lipinski definition) is 6.